The average molecular weight is 629 g/mol. The van der Waals surface area contributed by atoms with Gasteiger partial charge in [0.1, 0.15) is 10.7 Å². The monoisotopic (exact) mass is 628 g/mol. The molecule has 3 aromatic rings. The summed E-state index contributed by atoms with van der Waals surface area (Å²) >= 11 is 0. The lowest BCUT2D eigenvalue weighted by atomic mass is 9.79. The number of ketones is 1. The number of sulfonamides is 1. The van der Waals surface area contributed by atoms with Crippen LogP contribution in [0.25, 0.3) is 11.3 Å². The molecular weight excluding hydrogens is 588 g/mol. The first-order chi connectivity index (χ1) is 20.2. The quantitative estimate of drug-likeness (QED) is 0.217. The maximum Gasteiger partial charge on any atom is 0.243 e. The molecule has 1 aromatic carbocycles. The number of piperidine rings is 1. The van der Waals surface area contributed by atoms with Crippen molar-refractivity contribution >= 4 is 45.6 Å². The van der Waals surface area contributed by atoms with E-state index in [1.807, 2.05) is 12.1 Å². The van der Waals surface area contributed by atoms with Gasteiger partial charge >= 0.3 is 0 Å². The van der Waals surface area contributed by atoms with E-state index in [4.69, 9.17) is 5.73 Å². The van der Waals surface area contributed by atoms with Gasteiger partial charge in [-0.25, -0.2) is 18.1 Å². The van der Waals surface area contributed by atoms with Gasteiger partial charge in [0.15, 0.2) is 5.78 Å². The van der Waals surface area contributed by atoms with Crippen LogP contribution in [-0.2, 0) is 26.0 Å². The zero-order chi connectivity index (χ0) is 30.1. The number of hydrogen-bond donors (Lipinski definition) is 4. The molecule has 1 saturated heterocycles. The van der Waals surface area contributed by atoms with E-state index in [0.29, 0.717) is 42.9 Å². The van der Waals surface area contributed by atoms with Gasteiger partial charge in [-0.05, 0) is 74.0 Å². The van der Waals surface area contributed by atoms with Gasteiger partial charge in [-0.2, -0.15) is 0 Å². The van der Waals surface area contributed by atoms with Crippen molar-refractivity contribution in [2.45, 2.75) is 63.3 Å². The fourth-order valence-corrected chi connectivity index (χ4v) is 6.80. The number of aryl methyl sites for hydroxylation is 1. The van der Waals surface area contributed by atoms with Crippen molar-refractivity contribution in [3.8, 4) is 11.3 Å². The van der Waals surface area contributed by atoms with E-state index in [1.54, 1.807) is 49.6 Å². The number of nitrogens with one attached hydrogen (secondary N) is 3. The van der Waals surface area contributed by atoms with E-state index in [-0.39, 0.29) is 52.9 Å². The lowest BCUT2D eigenvalue weighted by molar-refractivity contribution is -0.127. The second kappa shape index (κ2) is 15.9. The largest absolute Gasteiger partial charge is 0.384 e. The maximum absolute atomic E-state index is 14.1. The smallest absolute Gasteiger partial charge is 0.243 e. The van der Waals surface area contributed by atoms with Crippen LogP contribution in [0.3, 0.4) is 0 Å². The second-order valence-corrected chi connectivity index (χ2v) is 12.3. The number of pyridine rings is 2. The number of carbonyl (C=O) groups is 2. The highest BCUT2D eigenvalue weighted by atomic mass is 35.5. The lowest BCUT2D eigenvalue weighted by Crippen LogP contribution is -2.50. The Labute approximate surface area is 260 Å². The predicted molar refractivity (Wildman–Crippen MR) is 171 cm³/mol. The molecule has 1 amide bonds. The molecule has 0 spiro atoms. The Morgan fingerprint density at radius 1 is 1.12 bits per heavy atom. The molecular formula is C31H41ClN6O4S. The Balaban J connectivity index is 0.00000506. The van der Waals surface area contributed by atoms with Crippen LogP contribution in [-0.4, -0.2) is 49.2 Å². The molecule has 0 aliphatic carbocycles. The number of anilines is 2. The van der Waals surface area contributed by atoms with Crippen molar-refractivity contribution in [2.75, 3.05) is 24.1 Å². The van der Waals surface area contributed by atoms with Gasteiger partial charge in [0, 0.05) is 36.8 Å². The third-order valence-corrected chi connectivity index (χ3v) is 9.30. The molecule has 0 bridgehead atoms. The van der Waals surface area contributed by atoms with Crippen LogP contribution in [0.15, 0.2) is 65.8 Å². The van der Waals surface area contributed by atoms with Gasteiger partial charge in [-0.15, -0.1) is 12.4 Å². The summed E-state index contributed by atoms with van der Waals surface area (Å²) in [5.41, 5.74) is 7.98. The van der Waals surface area contributed by atoms with Crippen LogP contribution >= 0.6 is 12.4 Å². The number of amides is 1. The standard InChI is InChI=1S/C31H40N6O4S.ClH/c1-3-22-15-17-33-20-24(22)31(39)27(10-7-8-21-11-14-29(32)35-19-21)37-42(40,41)28-18-23(25-9-5-6-16-34-25)12-13-26(28)36-30(38)4-2;/h5-6,9,11-14,16,18-19,22,24,27,33,37H,3-4,7-8,10,15,17,20H2,1-2H3,(H2,32,35)(H,36,38);1H. The lowest BCUT2D eigenvalue weighted by Gasteiger charge is -2.33. The van der Waals surface area contributed by atoms with Gasteiger partial charge in [0.05, 0.1) is 17.4 Å². The van der Waals surface area contributed by atoms with Crippen molar-refractivity contribution in [3.63, 3.8) is 0 Å². The number of Topliss-reactive ketones (excluding diaryl/α,β-unsaturated/α-hetero) is 1. The maximum atomic E-state index is 14.1. The van der Waals surface area contributed by atoms with Crippen molar-refractivity contribution in [2.24, 2.45) is 11.8 Å². The predicted octanol–water partition coefficient (Wildman–Crippen LogP) is 4.37. The van der Waals surface area contributed by atoms with E-state index in [0.717, 1.165) is 24.9 Å². The minimum absolute atomic E-state index is 0. The Bertz CT molecular complexity index is 1470. The van der Waals surface area contributed by atoms with Crippen molar-refractivity contribution < 1.29 is 18.0 Å². The third kappa shape index (κ3) is 9.06. The minimum atomic E-state index is -4.25. The van der Waals surface area contributed by atoms with Crippen molar-refractivity contribution in [1.82, 2.24) is 20.0 Å². The van der Waals surface area contributed by atoms with Gasteiger partial charge in [0.2, 0.25) is 15.9 Å². The minimum Gasteiger partial charge on any atom is -0.384 e. The topological polar surface area (TPSA) is 156 Å². The SMILES string of the molecule is CCC(=O)Nc1ccc(-c2ccccn2)cc1S(=O)(=O)NC(CCCc1ccc(N)nc1)C(=O)C1CNCCC1CC.Cl. The Kier molecular flexibility index (Phi) is 12.6. The van der Waals surface area contributed by atoms with Crippen molar-refractivity contribution in [3.05, 3.63) is 66.5 Å². The Morgan fingerprint density at radius 2 is 1.93 bits per heavy atom. The van der Waals surface area contributed by atoms with Crippen LogP contribution in [0.1, 0.15) is 51.5 Å². The molecule has 0 saturated carbocycles. The fraction of sp³-hybridized carbons (Fsp3) is 0.419. The number of aromatic nitrogens is 2. The van der Waals surface area contributed by atoms with Crippen LogP contribution in [0.2, 0.25) is 0 Å². The summed E-state index contributed by atoms with van der Waals surface area (Å²) in [6, 6.07) is 12.8. The molecule has 1 aliphatic heterocycles. The first kappa shape index (κ1) is 34.1. The van der Waals surface area contributed by atoms with E-state index in [9.17, 15) is 18.0 Å². The van der Waals surface area contributed by atoms with E-state index < -0.39 is 16.1 Å². The van der Waals surface area contributed by atoms with Gasteiger partial charge < -0.3 is 16.4 Å². The molecule has 10 nitrogen and oxygen atoms in total. The number of carbonyl (C=O) groups excluding carboxylic acids is 2. The highest BCUT2D eigenvalue weighted by Gasteiger charge is 2.36. The molecule has 1 aliphatic rings. The molecule has 0 radical (unpaired) electrons. The van der Waals surface area contributed by atoms with Gasteiger partial charge in [-0.3, -0.25) is 14.6 Å². The van der Waals surface area contributed by atoms with Gasteiger partial charge in [-0.1, -0.05) is 38.5 Å². The molecule has 232 valence electrons. The van der Waals surface area contributed by atoms with Crippen LogP contribution < -0.4 is 21.1 Å². The van der Waals surface area contributed by atoms with Crippen molar-refractivity contribution in [1.29, 1.82) is 0 Å². The first-order valence-electron chi connectivity index (χ1n) is 14.5. The molecule has 2 aromatic heterocycles. The summed E-state index contributed by atoms with van der Waals surface area (Å²) in [6.07, 6.45) is 6.70. The number of hydrogen-bond acceptors (Lipinski definition) is 8. The Hall–Kier alpha value is -3.38. The number of nitrogens with zero attached hydrogens (tertiary/aromatic N) is 2. The summed E-state index contributed by atoms with van der Waals surface area (Å²) < 4.78 is 30.8. The molecule has 43 heavy (non-hydrogen) atoms. The fourth-order valence-electron chi connectivity index (χ4n) is 5.38. The molecule has 3 unspecified atom stereocenters. The van der Waals surface area contributed by atoms with E-state index in [2.05, 4.69) is 32.2 Å². The normalized spacial score (nSPS) is 17.4. The van der Waals surface area contributed by atoms with E-state index in [1.165, 1.54) is 6.07 Å². The summed E-state index contributed by atoms with van der Waals surface area (Å²) in [7, 11) is -4.25. The summed E-state index contributed by atoms with van der Waals surface area (Å²) in [5.74, 6) is -0.129. The zero-order valence-corrected chi connectivity index (χ0v) is 26.2. The van der Waals surface area contributed by atoms with Crippen LogP contribution in [0, 0.1) is 11.8 Å². The molecule has 3 heterocycles. The van der Waals surface area contributed by atoms with Crippen LogP contribution in [0.5, 0.6) is 0 Å². The number of benzene rings is 1. The third-order valence-electron chi connectivity index (χ3n) is 7.79. The molecule has 1 fully saturated rings. The van der Waals surface area contributed by atoms with E-state index >= 15 is 0 Å². The highest BCUT2D eigenvalue weighted by molar-refractivity contribution is 7.89. The molecule has 4 rings (SSSR count). The summed E-state index contributed by atoms with van der Waals surface area (Å²) in [6.45, 7) is 5.11. The number of nitrogens with two attached hydrogens (primary N) is 1. The molecule has 12 heteroatoms. The number of nitrogen functional groups attached to an aromatic ring is 1. The number of halogens is 1. The first-order valence-corrected chi connectivity index (χ1v) is 16.0. The molecule has 3 atom stereocenters. The van der Waals surface area contributed by atoms with Gasteiger partial charge in [0.25, 0.3) is 0 Å². The second-order valence-electron chi connectivity index (χ2n) is 10.7. The zero-order valence-electron chi connectivity index (χ0n) is 24.6. The molecule has 5 N–H and O–H groups in total. The number of rotatable bonds is 13. The van der Waals surface area contributed by atoms with Crippen LogP contribution in [0.4, 0.5) is 11.5 Å². The summed E-state index contributed by atoms with van der Waals surface area (Å²) in [4.78, 5) is 34.7. The highest BCUT2D eigenvalue weighted by Crippen LogP contribution is 2.30. The summed E-state index contributed by atoms with van der Waals surface area (Å²) in [5, 5.41) is 6.01. The Morgan fingerprint density at radius 3 is 2.60 bits per heavy atom. The average Bonchev–Trinajstić information content (AvgIpc) is 3.01.